The molecule has 0 saturated carbocycles. The number of quaternary nitrogens is 1. The predicted molar refractivity (Wildman–Crippen MR) is 335 cm³/mol. The lowest BCUT2D eigenvalue weighted by atomic mass is 10.0. The largest absolute Gasteiger partial charge is 0.756 e. The van der Waals surface area contributed by atoms with E-state index in [0.717, 1.165) is 38.5 Å². The molecule has 0 aliphatic heterocycles. The van der Waals surface area contributed by atoms with Crippen molar-refractivity contribution in [2.24, 2.45) is 0 Å². The van der Waals surface area contributed by atoms with E-state index in [-0.39, 0.29) is 19.1 Å². The van der Waals surface area contributed by atoms with E-state index in [2.05, 4.69) is 31.3 Å². The molecular weight excluding hydrogens is 972 g/mol. The number of hydrogen-bond donors (Lipinski definition) is 2. The van der Waals surface area contributed by atoms with Crippen molar-refractivity contribution in [3.8, 4) is 0 Å². The van der Waals surface area contributed by atoms with Gasteiger partial charge in [-0.15, -0.1) is 0 Å². The number of unbranched alkanes of at least 4 members (excludes halogenated alkanes) is 50. The van der Waals surface area contributed by atoms with Gasteiger partial charge in [0.15, 0.2) is 0 Å². The first-order chi connectivity index (χ1) is 37.5. The van der Waals surface area contributed by atoms with Crippen molar-refractivity contribution < 1.29 is 32.9 Å². The Balaban J connectivity index is 4.01. The normalized spacial score (nSPS) is 13.7. The number of phosphoric acid groups is 1. The van der Waals surface area contributed by atoms with Crippen molar-refractivity contribution in [2.75, 3.05) is 40.9 Å². The van der Waals surface area contributed by atoms with Gasteiger partial charge in [0.25, 0.3) is 7.82 Å². The highest BCUT2D eigenvalue weighted by molar-refractivity contribution is 7.45. The maximum absolute atomic E-state index is 13.0. The SMILES string of the molecule is CCCCCCCCCC/C=C\CCCCCCCCCCCCCCCCCC(=O)NC(COP(=O)([O-])OCC[N+](C)(C)C)C(O)CCCCCCCCCCCCCCCCCCCCCCCCCCCCCC. The van der Waals surface area contributed by atoms with E-state index in [1.54, 1.807) is 0 Å². The molecule has 0 radical (unpaired) electrons. The number of amides is 1. The summed E-state index contributed by atoms with van der Waals surface area (Å²) in [6.07, 6.45) is 75.7. The van der Waals surface area contributed by atoms with Crippen LogP contribution in [-0.4, -0.2) is 68.5 Å². The van der Waals surface area contributed by atoms with E-state index in [4.69, 9.17) is 9.05 Å². The van der Waals surface area contributed by atoms with Crippen LogP contribution in [0.15, 0.2) is 12.2 Å². The highest BCUT2D eigenvalue weighted by Crippen LogP contribution is 2.38. The van der Waals surface area contributed by atoms with Gasteiger partial charge >= 0.3 is 0 Å². The van der Waals surface area contributed by atoms with E-state index in [1.165, 1.54) is 302 Å². The third-order valence-corrected chi connectivity index (χ3v) is 17.2. The Hall–Kier alpha value is -0.760. The standard InChI is InChI=1S/C68H137N2O6P/c1-6-8-10-12-14-16-18-20-22-24-26-28-30-32-34-36-37-39-41-43-45-47-49-51-53-55-57-59-61-67(71)66(65-76-77(73,74)75-64-63-70(3,4)5)69-68(72)62-60-58-56-54-52-50-48-46-44-42-40-38-35-33-31-29-27-25-23-21-19-17-15-13-11-9-7-2/h25,27,66-67,71H,6-24,26,28-65H2,1-5H3,(H-,69,72,73,74)/b27-25-. The summed E-state index contributed by atoms with van der Waals surface area (Å²) >= 11 is 0. The maximum atomic E-state index is 13.0. The Bertz CT molecular complexity index is 1260. The average molecular weight is 1110 g/mol. The maximum Gasteiger partial charge on any atom is 0.268 e. The molecule has 0 spiro atoms. The highest BCUT2D eigenvalue weighted by atomic mass is 31.2. The number of rotatable bonds is 65. The summed E-state index contributed by atoms with van der Waals surface area (Å²) in [4.78, 5) is 25.7. The number of carbonyl (C=O) groups excluding carboxylic acids is 1. The molecule has 0 aliphatic rings. The Morgan fingerprint density at radius 3 is 1.01 bits per heavy atom. The number of nitrogens with one attached hydrogen (secondary N) is 1. The number of hydrogen-bond acceptors (Lipinski definition) is 6. The predicted octanol–water partition coefficient (Wildman–Crippen LogP) is 21.1. The van der Waals surface area contributed by atoms with Crippen molar-refractivity contribution in [2.45, 2.75) is 379 Å². The van der Waals surface area contributed by atoms with E-state index in [1.807, 2.05) is 21.1 Å². The fraction of sp³-hybridized carbons (Fsp3) is 0.956. The second kappa shape index (κ2) is 59.8. The van der Waals surface area contributed by atoms with E-state index < -0.39 is 20.0 Å². The molecule has 9 heteroatoms. The summed E-state index contributed by atoms with van der Waals surface area (Å²) in [6, 6.07) is -0.799. The molecular formula is C68H137N2O6P. The molecule has 1 amide bonds. The number of carbonyl (C=O) groups is 1. The van der Waals surface area contributed by atoms with Gasteiger partial charge in [0.1, 0.15) is 13.2 Å². The van der Waals surface area contributed by atoms with Crippen LogP contribution in [0.2, 0.25) is 0 Å². The Kier molecular flexibility index (Phi) is 59.3. The van der Waals surface area contributed by atoms with Crippen molar-refractivity contribution in [3.63, 3.8) is 0 Å². The number of likely N-dealkylation sites (N-methyl/N-ethyl adjacent to an activating group) is 1. The van der Waals surface area contributed by atoms with Gasteiger partial charge in [0.05, 0.1) is 39.9 Å². The zero-order chi connectivity index (χ0) is 56.3. The second-order valence-electron chi connectivity index (χ2n) is 25.2. The number of phosphoric ester groups is 1. The van der Waals surface area contributed by atoms with Crippen LogP contribution in [0, 0.1) is 0 Å². The average Bonchev–Trinajstić information content (AvgIpc) is 3.39. The Morgan fingerprint density at radius 1 is 0.442 bits per heavy atom. The fourth-order valence-electron chi connectivity index (χ4n) is 10.9. The minimum Gasteiger partial charge on any atom is -0.756 e. The van der Waals surface area contributed by atoms with Gasteiger partial charge in [-0.25, -0.2) is 0 Å². The van der Waals surface area contributed by atoms with E-state index in [9.17, 15) is 19.4 Å². The molecule has 0 saturated heterocycles. The minimum atomic E-state index is -4.58. The Morgan fingerprint density at radius 2 is 0.714 bits per heavy atom. The smallest absolute Gasteiger partial charge is 0.268 e. The Labute approximate surface area is 482 Å². The molecule has 0 bridgehead atoms. The van der Waals surface area contributed by atoms with Crippen LogP contribution in [0.25, 0.3) is 0 Å². The summed E-state index contributed by atoms with van der Waals surface area (Å²) < 4.78 is 23.5. The lowest BCUT2D eigenvalue weighted by molar-refractivity contribution is -0.870. The fourth-order valence-corrected chi connectivity index (χ4v) is 11.6. The summed E-state index contributed by atoms with van der Waals surface area (Å²) in [6.45, 7) is 4.79. The number of nitrogens with zero attached hydrogens (tertiary/aromatic N) is 1. The van der Waals surface area contributed by atoms with Gasteiger partial charge in [-0.1, -0.05) is 334 Å². The molecule has 0 rings (SSSR count). The van der Waals surface area contributed by atoms with Gasteiger partial charge in [0, 0.05) is 6.42 Å². The van der Waals surface area contributed by atoms with Crippen LogP contribution in [-0.2, 0) is 18.4 Å². The van der Waals surface area contributed by atoms with Crippen molar-refractivity contribution in [3.05, 3.63) is 12.2 Å². The van der Waals surface area contributed by atoms with E-state index >= 15 is 0 Å². The molecule has 0 aliphatic carbocycles. The highest BCUT2D eigenvalue weighted by Gasteiger charge is 2.24. The summed E-state index contributed by atoms with van der Waals surface area (Å²) in [7, 11) is 1.33. The van der Waals surface area contributed by atoms with Crippen LogP contribution < -0.4 is 10.2 Å². The van der Waals surface area contributed by atoms with E-state index in [0.29, 0.717) is 23.9 Å². The van der Waals surface area contributed by atoms with Crippen LogP contribution in [0.1, 0.15) is 367 Å². The number of aliphatic hydroxyl groups is 1. The molecule has 460 valence electrons. The third-order valence-electron chi connectivity index (χ3n) is 16.3. The lowest BCUT2D eigenvalue weighted by Crippen LogP contribution is -2.46. The van der Waals surface area contributed by atoms with Gasteiger partial charge in [-0.3, -0.25) is 9.36 Å². The van der Waals surface area contributed by atoms with Crippen LogP contribution in [0.4, 0.5) is 0 Å². The van der Waals surface area contributed by atoms with Gasteiger partial charge in [-0.2, -0.15) is 0 Å². The van der Waals surface area contributed by atoms with Crippen LogP contribution in [0.3, 0.4) is 0 Å². The van der Waals surface area contributed by atoms with Gasteiger partial charge in [0.2, 0.25) is 5.91 Å². The van der Waals surface area contributed by atoms with Crippen molar-refractivity contribution >= 4 is 13.7 Å². The molecule has 3 unspecified atom stereocenters. The molecule has 2 N–H and O–H groups in total. The van der Waals surface area contributed by atoms with Crippen molar-refractivity contribution in [1.29, 1.82) is 0 Å². The molecule has 77 heavy (non-hydrogen) atoms. The van der Waals surface area contributed by atoms with Crippen molar-refractivity contribution in [1.82, 2.24) is 5.32 Å². The molecule has 3 atom stereocenters. The first-order valence-electron chi connectivity index (χ1n) is 34.5. The lowest BCUT2D eigenvalue weighted by Gasteiger charge is -2.30. The monoisotopic (exact) mass is 1110 g/mol. The number of allylic oxidation sites excluding steroid dienone is 2. The first-order valence-corrected chi connectivity index (χ1v) is 36.0. The minimum absolute atomic E-state index is 0.0156. The molecule has 0 fully saturated rings. The molecule has 0 aromatic heterocycles. The first kappa shape index (κ1) is 76.2. The zero-order valence-electron chi connectivity index (χ0n) is 52.7. The zero-order valence-corrected chi connectivity index (χ0v) is 53.6. The quantitative estimate of drug-likeness (QED) is 0.0272. The van der Waals surface area contributed by atoms with Crippen LogP contribution >= 0.6 is 7.82 Å². The van der Waals surface area contributed by atoms with Gasteiger partial charge in [-0.05, 0) is 38.5 Å². The third kappa shape index (κ3) is 62.7. The summed E-state index contributed by atoms with van der Waals surface area (Å²) in [5.74, 6) is -0.156. The molecule has 0 heterocycles. The molecule has 0 aromatic rings. The summed E-state index contributed by atoms with van der Waals surface area (Å²) in [5, 5.41) is 14.1. The summed E-state index contributed by atoms with van der Waals surface area (Å²) in [5.41, 5.74) is 0. The molecule has 8 nitrogen and oxygen atoms in total. The van der Waals surface area contributed by atoms with Gasteiger partial charge < -0.3 is 28.8 Å². The topological polar surface area (TPSA) is 108 Å². The number of aliphatic hydroxyl groups excluding tert-OH is 1. The second-order valence-corrected chi connectivity index (χ2v) is 26.7. The molecule has 0 aromatic carbocycles. The van der Waals surface area contributed by atoms with Crippen LogP contribution in [0.5, 0.6) is 0 Å².